The van der Waals surface area contributed by atoms with E-state index in [1.165, 1.54) is 17.1 Å². The lowest BCUT2D eigenvalue weighted by Crippen LogP contribution is -2.55. The van der Waals surface area contributed by atoms with Crippen LogP contribution in [0, 0.1) is 0 Å². The van der Waals surface area contributed by atoms with Crippen molar-refractivity contribution in [2.45, 2.75) is 18.4 Å². The molecular weight excluding hydrogens is 210 g/mol. The van der Waals surface area contributed by atoms with Crippen LogP contribution in [0.25, 0.3) is 0 Å². The van der Waals surface area contributed by atoms with Crippen LogP contribution in [-0.2, 0) is 4.74 Å². The summed E-state index contributed by atoms with van der Waals surface area (Å²) >= 11 is 0. The maximum atomic E-state index is 11.8. The van der Waals surface area contributed by atoms with E-state index >= 15 is 0 Å². The molecule has 0 bridgehead atoms. The van der Waals surface area contributed by atoms with Gasteiger partial charge >= 0.3 is 6.03 Å². The SMILES string of the molecule is O=C(NC1(CO)CCOCC1)n1ccnc1. The second kappa shape index (κ2) is 4.63. The van der Waals surface area contributed by atoms with Gasteiger partial charge in [-0.1, -0.05) is 0 Å². The number of hydrogen-bond acceptors (Lipinski definition) is 4. The fourth-order valence-electron chi connectivity index (χ4n) is 1.76. The van der Waals surface area contributed by atoms with Crippen LogP contribution >= 0.6 is 0 Å². The number of aromatic nitrogens is 2. The predicted molar refractivity (Wildman–Crippen MR) is 56.0 cm³/mol. The molecule has 1 aromatic rings. The molecule has 1 aliphatic rings. The lowest BCUT2D eigenvalue weighted by molar-refractivity contribution is 0.0172. The molecule has 0 atom stereocenters. The molecule has 1 aliphatic heterocycles. The molecule has 6 heteroatoms. The molecule has 0 unspecified atom stereocenters. The molecule has 88 valence electrons. The first kappa shape index (κ1) is 11.1. The second-order valence-corrected chi connectivity index (χ2v) is 3.95. The van der Waals surface area contributed by atoms with Crippen molar-refractivity contribution in [1.82, 2.24) is 14.9 Å². The Hall–Kier alpha value is -1.40. The summed E-state index contributed by atoms with van der Waals surface area (Å²) in [6, 6.07) is -0.270. The normalized spacial score (nSPS) is 19.3. The Kier molecular flexibility index (Phi) is 3.21. The van der Waals surface area contributed by atoms with Gasteiger partial charge in [0, 0.05) is 25.6 Å². The summed E-state index contributed by atoms with van der Waals surface area (Å²) in [7, 11) is 0. The molecule has 2 N–H and O–H groups in total. The monoisotopic (exact) mass is 225 g/mol. The summed E-state index contributed by atoms with van der Waals surface area (Å²) in [5.74, 6) is 0. The Morgan fingerprint density at radius 2 is 2.31 bits per heavy atom. The molecule has 1 fully saturated rings. The lowest BCUT2D eigenvalue weighted by atomic mass is 9.91. The van der Waals surface area contributed by atoms with Crippen molar-refractivity contribution < 1.29 is 14.6 Å². The van der Waals surface area contributed by atoms with E-state index in [2.05, 4.69) is 10.3 Å². The number of nitrogens with zero attached hydrogens (tertiary/aromatic N) is 2. The molecule has 1 amide bonds. The first-order valence-electron chi connectivity index (χ1n) is 5.25. The molecule has 1 saturated heterocycles. The van der Waals surface area contributed by atoms with Crippen LogP contribution < -0.4 is 5.32 Å². The quantitative estimate of drug-likeness (QED) is 0.741. The minimum atomic E-state index is -0.556. The molecule has 0 aliphatic carbocycles. The molecule has 6 nitrogen and oxygen atoms in total. The standard InChI is InChI=1S/C10H15N3O3/c14-7-10(1-5-16-6-2-10)12-9(15)13-4-3-11-8-13/h3-4,8,14H,1-2,5-7H2,(H,12,15). The van der Waals surface area contributed by atoms with Crippen LogP contribution in [0.2, 0.25) is 0 Å². The Morgan fingerprint density at radius 1 is 1.56 bits per heavy atom. The molecule has 0 spiro atoms. The summed E-state index contributed by atoms with van der Waals surface area (Å²) in [6.07, 6.45) is 5.79. The number of aliphatic hydroxyl groups excluding tert-OH is 1. The van der Waals surface area contributed by atoms with Crippen LogP contribution in [-0.4, -0.2) is 46.0 Å². The number of ether oxygens (including phenoxy) is 1. The molecule has 16 heavy (non-hydrogen) atoms. The number of carbonyl (C=O) groups is 1. The first-order valence-corrected chi connectivity index (χ1v) is 5.25. The average molecular weight is 225 g/mol. The minimum absolute atomic E-state index is 0.0726. The summed E-state index contributed by atoms with van der Waals surface area (Å²) in [4.78, 5) is 15.6. The van der Waals surface area contributed by atoms with Gasteiger partial charge in [0.25, 0.3) is 0 Å². The van der Waals surface area contributed by atoms with Crippen molar-refractivity contribution in [3.05, 3.63) is 18.7 Å². The number of rotatable bonds is 2. The van der Waals surface area contributed by atoms with E-state index in [0.717, 1.165) is 0 Å². The number of hydrogen-bond donors (Lipinski definition) is 2. The highest BCUT2D eigenvalue weighted by Gasteiger charge is 2.33. The van der Waals surface area contributed by atoms with Crippen molar-refractivity contribution in [2.75, 3.05) is 19.8 Å². The molecule has 0 aromatic carbocycles. The van der Waals surface area contributed by atoms with Gasteiger partial charge in [-0.3, -0.25) is 4.57 Å². The molecule has 0 radical (unpaired) electrons. The zero-order valence-electron chi connectivity index (χ0n) is 8.93. The van der Waals surface area contributed by atoms with E-state index in [4.69, 9.17) is 4.74 Å². The van der Waals surface area contributed by atoms with E-state index in [0.29, 0.717) is 26.1 Å². The fourth-order valence-corrected chi connectivity index (χ4v) is 1.76. The van der Waals surface area contributed by atoms with Crippen LogP contribution in [0.3, 0.4) is 0 Å². The van der Waals surface area contributed by atoms with Gasteiger partial charge in [0.15, 0.2) is 0 Å². The van der Waals surface area contributed by atoms with Gasteiger partial charge in [0.1, 0.15) is 6.33 Å². The van der Waals surface area contributed by atoms with E-state index in [1.807, 2.05) is 0 Å². The first-order chi connectivity index (χ1) is 7.76. The predicted octanol–water partition coefficient (Wildman–Crippen LogP) is -0.0177. The van der Waals surface area contributed by atoms with Crippen molar-refractivity contribution in [3.63, 3.8) is 0 Å². The van der Waals surface area contributed by atoms with E-state index < -0.39 is 5.54 Å². The smallest absolute Gasteiger partial charge is 0.327 e. The zero-order valence-corrected chi connectivity index (χ0v) is 8.93. The number of aliphatic hydroxyl groups is 1. The number of nitrogens with one attached hydrogen (secondary N) is 1. The van der Waals surface area contributed by atoms with Gasteiger partial charge in [0.05, 0.1) is 12.1 Å². The van der Waals surface area contributed by atoms with Gasteiger partial charge in [-0.05, 0) is 12.8 Å². The maximum Gasteiger partial charge on any atom is 0.327 e. The van der Waals surface area contributed by atoms with Crippen molar-refractivity contribution >= 4 is 6.03 Å². The summed E-state index contributed by atoms with van der Waals surface area (Å²) in [6.45, 7) is 1.05. The number of carbonyl (C=O) groups excluding carboxylic acids is 1. The Labute approximate surface area is 93.2 Å². The second-order valence-electron chi connectivity index (χ2n) is 3.95. The Balaban J connectivity index is 2.03. The van der Waals surface area contributed by atoms with Gasteiger partial charge in [0.2, 0.25) is 0 Å². The van der Waals surface area contributed by atoms with Crippen molar-refractivity contribution in [1.29, 1.82) is 0 Å². The van der Waals surface area contributed by atoms with Crippen molar-refractivity contribution in [3.8, 4) is 0 Å². The van der Waals surface area contributed by atoms with Crippen molar-refractivity contribution in [2.24, 2.45) is 0 Å². The molecule has 2 heterocycles. The van der Waals surface area contributed by atoms with Crippen LogP contribution in [0.15, 0.2) is 18.7 Å². The van der Waals surface area contributed by atoms with E-state index in [9.17, 15) is 9.90 Å². The van der Waals surface area contributed by atoms with Crippen LogP contribution in [0.1, 0.15) is 12.8 Å². The van der Waals surface area contributed by atoms with Crippen LogP contribution in [0.5, 0.6) is 0 Å². The van der Waals surface area contributed by atoms with Crippen LogP contribution in [0.4, 0.5) is 4.79 Å². The Morgan fingerprint density at radius 3 is 2.88 bits per heavy atom. The molecular formula is C10H15N3O3. The zero-order chi connectivity index (χ0) is 11.4. The highest BCUT2D eigenvalue weighted by Crippen LogP contribution is 2.20. The highest BCUT2D eigenvalue weighted by molar-refractivity contribution is 5.77. The Bertz CT molecular complexity index is 344. The highest BCUT2D eigenvalue weighted by atomic mass is 16.5. The summed E-state index contributed by atoms with van der Waals surface area (Å²) in [5, 5.41) is 12.2. The minimum Gasteiger partial charge on any atom is -0.394 e. The van der Waals surface area contributed by atoms with Gasteiger partial charge < -0.3 is 15.2 Å². The maximum absolute atomic E-state index is 11.8. The van der Waals surface area contributed by atoms with Gasteiger partial charge in [-0.25, -0.2) is 9.78 Å². The van der Waals surface area contributed by atoms with E-state index in [-0.39, 0.29) is 12.6 Å². The third-order valence-electron chi connectivity index (χ3n) is 2.86. The fraction of sp³-hybridized carbons (Fsp3) is 0.600. The lowest BCUT2D eigenvalue weighted by Gasteiger charge is -2.36. The average Bonchev–Trinajstić information content (AvgIpc) is 2.84. The number of imidazole rings is 1. The topological polar surface area (TPSA) is 76.4 Å². The number of amides is 1. The van der Waals surface area contributed by atoms with E-state index in [1.54, 1.807) is 6.20 Å². The third kappa shape index (κ3) is 2.23. The third-order valence-corrected chi connectivity index (χ3v) is 2.86. The van der Waals surface area contributed by atoms with Gasteiger partial charge in [-0.15, -0.1) is 0 Å². The van der Waals surface area contributed by atoms with Gasteiger partial charge in [-0.2, -0.15) is 0 Å². The summed E-state index contributed by atoms with van der Waals surface area (Å²) < 4.78 is 6.57. The molecule has 0 saturated carbocycles. The molecule has 1 aromatic heterocycles. The summed E-state index contributed by atoms with van der Waals surface area (Å²) in [5.41, 5.74) is -0.556. The largest absolute Gasteiger partial charge is 0.394 e. The molecule has 2 rings (SSSR count).